The van der Waals surface area contributed by atoms with Crippen molar-refractivity contribution < 1.29 is 32.6 Å². The number of hydrogen-bond acceptors (Lipinski definition) is 5. The van der Waals surface area contributed by atoms with Crippen LogP contribution in [0.3, 0.4) is 0 Å². The molecule has 2 aromatic rings. The first-order chi connectivity index (χ1) is 20.1. The Hall–Kier alpha value is -2.62. The van der Waals surface area contributed by atoms with Crippen molar-refractivity contribution in [3.8, 4) is 5.75 Å². The van der Waals surface area contributed by atoms with Crippen molar-refractivity contribution in [1.82, 2.24) is 9.80 Å². The zero-order valence-electron chi connectivity index (χ0n) is 23.8. The summed E-state index contributed by atoms with van der Waals surface area (Å²) < 4.78 is 45.2. The van der Waals surface area contributed by atoms with Gasteiger partial charge in [0.2, 0.25) is 5.91 Å². The Morgan fingerprint density at radius 3 is 2.62 bits per heavy atom. The standard InChI is InChI=1S/C32H38ClF3N2O4/c1-20-16-37(11-9-27(20)22-3-2-4-26(14-22)42-19-40)25(18-39)7-8-29(21-5-6-21)31(41)38-12-10-28-23(17-38)13-24(15-30(28)33)32(34,35)36/h2-4,13-15,19-21,25,27,29,39H,5-12,16-18H2,1H3/t20-,25+,27-,29?/m0/s1. The van der Waals surface area contributed by atoms with E-state index in [0.717, 1.165) is 50.0 Å². The number of hydrogen-bond donors (Lipinski definition) is 1. The highest BCUT2D eigenvalue weighted by molar-refractivity contribution is 6.31. The number of likely N-dealkylation sites (tertiary alicyclic amines) is 1. The van der Waals surface area contributed by atoms with E-state index in [1.165, 1.54) is 0 Å². The van der Waals surface area contributed by atoms with E-state index in [1.807, 2.05) is 12.1 Å². The predicted octanol–water partition coefficient (Wildman–Crippen LogP) is 6.07. The highest BCUT2D eigenvalue weighted by atomic mass is 35.5. The van der Waals surface area contributed by atoms with Crippen LogP contribution in [0.1, 0.15) is 67.2 Å². The fourth-order valence-corrected chi connectivity index (χ4v) is 7.27. The number of ether oxygens (including phenoxy) is 1. The molecule has 42 heavy (non-hydrogen) atoms. The van der Waals surface area contributed by atoms with Gasteiger partial charge in [-0.15, -0.1) is 0 Å². The normalized spacial score (nSPS) is 22.8. The SMILES string of the molecule is C[C@H]1CN([C@@H](CO)CCC(C(=O)N2CCc3c(Cl)cc(C(F)(F)F)cc3C2)C2CC2)CC[C@@H]1c1cccc(OC=O)c1. The molecule has 2 fully saturated rings. The fourth-order valence-electron chi connectivity index (χ4n) is 6.93. The Bertz CT molecular complexity index is 1280. The Morgan fingerprint density at radius 1 is 1.17 bits per heavy atom. The molecule has 3 aliphatic rings. The lowest BCUT2D eigenvalue weighted by Crippen LogP contribution is -2.47. The maximum atomic E-state index is 13.7. The zero-order valence-corrected chi connectivity index (χ0v) is 24.5. The molecule has 1 amide bonds. The van der Waals surface area contributed by atoms with Gasteiger partial charge in [-0.1, -0.05) is 30.7 Å². The summed E-state index contributed by atoms with van der Waals surface area (Å²) in [5.74, 6) is 1.25. The minimum absolute atomic E-state index is 0.00142. The van der Waals surface area contributed by atoms with Crippen LogP contribution < -0.4 is 4.74 Å². The van der Waals surface area contributed by atoms with Gasteiger partial charge in [-0.2, -0.15) is 13.2 Å². The summed E-state index contributed by atoms with van der Waals surface area (Å²) in [7, 11) is 0. The molecule has 2 aromatic carbocycles. The third-order valence-corrected chi connectivity index (χ3v) is 9.71. The molecule has 5 rings (SSSR count). The predicted molar refractivity (Wildman–Crippen MR) is 153 cm³/mol. The van der Waals surface area contributed by atoms with Gasteiger partial charge in [0.15, 0.2) is 0 Å². The van der Waals surface area contributed by atoms with Gasteiger partial charge >= 0.3 is 6.18 Å². The monoisotopic (exact) mass is 606 g/mol. The topological polar surface area (TPSA) is 70.1 Å². The molecule has 1 unspecified atom stereocenters. The van der Waals surface area contributed by atoms with Crippen LogP contribution in [-0.4, -0.2) is 59.6 Å². The van der Waals surface area contributed by atoms with Gasteiger partial charge in [0.05, 0.1) is 12.2 Å². The number of carbonyl (C=O) groups is 2. The molecule has 10 heteroatoms. The van der Waals surface area contributed by atoms with E-state index in [0.29, 0.717) is 61.0 Å². The van der Waals surface area contributed by atoms with Crippen molar-refractivity contribution in [3.05, 3.63) is 63.7 Å². The second kappa shape index (κ2) is 12.9. The number of benzene rings is 2. The molecule has 1 N–H and O–H groups in total. The molecule has 4 atom stereocenters. The van der Waals surface area contributed by atoms with Crippen LogP contribution in [0.2, 0.25) is 5.02 Å². The number of fused-ring (bicyclic) bond motifs is 1. The number of nitrogens with zero attached hydrogens (tertiary/aromatic N) is 2. The van der Waals surface area contributed by atoms with E-state index in [1.54, 1.807) is 11.0 Å². The summed E-state index contributed by atoms with van der Waals surface area (Å²) >= 11 is 6.20. The molecule has 228 valence electrons. The Morgan fingerprint density at radius 2 is 1.95 bits per heavy atom. The van der Waals surface area contributed by atoms with E-state index >= 15 is 0 Å². The lowest BCUT2D eigenvalue weighted by atomic mass is 9.80. The van der Waals surface area contributed by atoms with Crippen LogP contribution in [0.5, 0.6) is 5.75 Å². The van der Waals surface area contributed by atoms with Crippen LogP contribution in [0.4, 0.5) is 13.2 Å². The molecule has 2 aliphatic heterocycles. The second-order valence-corrected chi connectivity index (χ2v) is 12.5. The first-order valence-electron chi connectivity index (χ1n) is 14.8. The number of aliphatic hydroxyl groups is 1. The van der Waals surface area contributed by atoms with Crippen LogP contribution in [0, 0.1) is 17.8 Å². The van der Waals surface area contributed by atoms with Gasteiger partial charge < -0.3 is 14.7 Å². The van der Waals surface area contributed by atoms with Gasteiger partial charge in [0.25, 0.3) is 6.47 Å². The van der Waals surface area contributed by atoms with Crippen LogP contribution in [0.25, 0.3) is 0 Å². The molecule has 6 nitrogen and oxygen atoms in total. The molecule has 2 heterocycles. The third-order valence-electron chi connectivity index (χ3n) is 9.37. The number of piperidine rings is 1. The number of amides is 1. The number of aliphatic hydroxyl groups excluding tert-OH is 1. The molecule has 1 aliphatic carbocycles. The number of rotatable bonds is 10. The van der Waals surface area contributed by atoms with Crippen molar-refractivity contribution in [2.24, 2.45) is 17.8 Å². The number of alkyl halides is 3. The van der Waals surface area contributed by atoms with Crippen molar-refractivity contribution in [2.45, 2.75) is 70.1 Å². The number of carbonyl (C=O) groups excluding carboxylic acids is 2. The largest absolute Gasteiger partial charge is 0.429 e. The average molecular weight is 607 g/mol. The minimum Gasteiger partial charge on any atom is -0.429 e. The molecule has 1 saturated carbocycles. The van der Waals surface area contributed by atoms with Gasteiger partial charge in [-0.05, 0) is 104 Å². The third kappa shape index (κ3) is 6.95. The van der Waals surface area contributed by atoms with Crippen molar-refractivity contribution >= 4 is 24.0 Å². The maximum absolute atomic E-state index is 13.7. The fraction of sp³-hybridized carbons (Fsp3) is 0.562. The van der Waals surface area contributed by atoms with Gasteiger partial charge in [0, 0.05) is 36.6 Å². The number of halogens is 4. The lowest BCUT2D eigenvalue weighted by molar-refractivity contribution is -0.137. The maximum Gasteiger partial charge on any atom is 0.416 e. The smallest absolute Gasteiger partial charge is 0.416 e. The first kappa shape index (κ1) is 30.8. The average Bonchev–Trinajstić information content (AvgIpc) is 3.80. The first-order valence-corrected chi connectivity index (χ1v) is 15.2. The minimum atomic E-state index is -4.50. The highest BCUT2D eigenvalue weighted by Crippen LogP contribution is 2.42. The van der Waals surface area contributed by atoms with E-state index in [9.17, 15) is 27.9 Å². The molecule has 1 saturated heterocycles. The summed E-state index contributed by atoms with van der Waals surface area (Å²) in [4.78, 5) is 28.5. The molecule has 0 aromatic heterocycles. The molecule has 0 radical (unpaired) electrons. The van der Waals surface area contributed by atoms with E-state index in [2.05, 4.69) is 17.9 Å². The highest BCUT2D eigenvalue weighted by Gasteiger charge is 2.40. The van der Waals surface area contributed by atoms with Gasteiger partial charge in [0.1, 0.15) is 5.75 Å². The van der Waals surface area contributed by atoms with Gasteiger partial charge in [-0.3, -0.25) is 14.5 Å². The molecular formula is C32H38ClF3N2O4. The quantitative estimate of drug-likeness (QED) is 0.333. The summed E-state index contributed by atoms with van der Waals surface area (Å²) in [6.07, 6.45) is 0.114. The Kier molecular flexibility index (Phi) is 9.50. The van der Waals surface area contributed by atoms with E-state index in [-0.39, 0.29) is 42.0 Å². The molecular weight excluding hydrogens is 569 g/mol. The Labute approximate surface area is 249 Å². The van der Waals surface area contributed by atoms with E-state index in [4.69, 9.17) is 16.3 Å². The summed E-state index contributed by atoms with van der Waals surface area (Å²) in [5, 5.41) is 10.4. The summed E-state index contributed by atoms with van der Waals surface area (Å²) in [6.45, 7) is 4.82. The summed E-state index contributed by atoms with van der Waals surface area (Å²) in [6, 6.07) is 9.66. The van der Waals surface area contributed by atoms with Crippen LogP contribution >= 0.6 is 11.6 Å². The molecule has 0 spiro atoms. The van der Waals surface area contributed by atoms with Crippen molar-refractivity contribution in [3.63, 3.8) is 0 Å². The lowest BCUT2D eigenvalue weighted by Gasteiger charge is -2.41. The van der Waals surface area contributed by atoms with E-state index < -0.39 is 11.7 Å². The van der Waals surface area contributed by atoms with Crippen LogP contribution in [-0.2, 0) is 28.7 Å². The van der Waals surface area contributed by atoms with Gasteiger partial charge in [-0.25, -0.2) is 0 Å². The second-order valence-electron chi connectivity index (χ2n) is 12.1. The van der Waals surface area contributed by atoms with Crippen molar-refractivity contribution in [2.75, 3.05) is 26.2 Å². The zero-order chi connectivity index (χ0) is 30.0. The van der Waals surface area contributed by atoms with Crippen molar-refractivity contribution in [1.29, 1.82) is 0 Å². The Balaban J connectivity index is 1.21. The van der Waals surface area contributed by atoms with Crippen LogP contribution in [0.15, 0.2) is 36.4 Å². The summed E-state index contributed by atoms with van der Waals surface area (Å²) in [5.41, 5.74) is 1.51. The molecule has 0 bridgehead atoms.